The Hall–Kier alpha value is -1.94. The summed E-state index contributed by atoms with van der Waals surface area (Å²) in [5.41, 5.74) is 0.992. The monoisotopic (exact) mass is 435 g/mol. The summed E-state index contributed by atoms with van der Waals surface area (Å²) in [6, 6.07) is 9.72. The van der Waals surface area contributed by atoms with E-state index in [1.807, 2.05) is 35.0 Å². The minimum Gasteiger partial charge on any atom is -0.334 e. The average molecular weight is 436 g/mol. The van der Waals surface area contributed by atoms with Gasteiger partial charge in [-0.1, -0.05) is 54.9 Å². The topological polar surface area (TPSA) is 98.1 Å². The highest BCUT2D eigenvalue weighted by Gasteiger charge is 2.35. The molecule has 1 saturated heterocycles. The molecule has 1 aromatic carbocycles. The predicted octanol–water partition coefficient (Wildman–Crippen LogP) is 2.10. The number of tetrazole rings is 1. The molecule has 1 aromatic heterocycles. The molecule has 2 aliphatic rings. The molecule has 29 heavy (non-hydrogen) atoms. The molecular weight excluding hydrogens is 410 g/mol. The molecule has 2 fully saturated rings. The molecule has 1 atom stereocenters. The normalized spacial score (nSPS) is 21.4. The van der Waals surface area contributed by atoms with Crippen LogP contribution in [0.1, 0.15) is 43.7 Å². The van der Waals surface area contributed by atoms with E-state index in [9.17, 15) is 13.2 Å². The lowest BCUT2D eigenvalue weighted by Crippen LogP contribution is -2.41. The highest BCUT2D eigenvalue weighted by Crippen LogP contribution is 2.31. The lowest BCUT2D eigenvalue weighted by Gasteiger charge is -2.28. The number of carbonyl (C=O) groups excluding carboxylic acids is 1. The summed E-state index contributed by atoms with van der Waals surface area (Å²) in [6.45, 7) is 0.411. The molecule has 0 N–H and O–H groups in total. The molecule has 0 spiro atoms. The summed E-state index contributed by atoms with van der Waals surface area (Å²) in [6.07, 6.45) is 4.97. The van der Waals surface area contributed by atoms with Crippen molar-refractivity contribution in [1.29, 1.82) is 0 Å². The van der Waals surface area contributed by atoms with Gasteiger partial charge in [0.05, 0.1) is 23.3 Å². The molecule has 1 aliphatic heterocycles. The Morgan fingerprint density at radius 3 is 2.62 bits per heavy atom. The molecule has 1 amide bonds. The zero-order valence-corrected chi connectivity index (χ0v) is 17.8. The van der Waals surface area contributed by atoms with Gasteiger partial charge in [-0.25, -0.2) is 13.1 Å². The third-order valence-corrected chi connectivity index (χ3v) is 8.29. The molecule has 10 heteroatoms. The summed E-state index contributed by atoms with van der Waals surface area (Å²) < 4.78 is 25.8. The van der Waals surface area contributed by atoms with Gasteiger partial charge in [-0.15, -0.1) is 5.10 Å². The van der Waals surface area contributed by atoms with Gasteiger partial charge in [0, 0.05) is 12.6 Å². The third kappa shape index (κ3) is 4.98. The number of hydrogen-bond acceptors (Lipinski definition) is 7. The van der Waals surface area contributed by atoms with Crippen molar-refractivity contribution in [2.75, 3.05) is 17.3 Å². The van der Waals surface area contributed by atoms with E-state index >= 15 is 0 Å². The van der Waals surface area contributed by atoms with Gasteiger partial charge in [-0.2, -0.15) is 0 Å². The van der Waals surface area contributed by atoms with Gasteiger partial charge in [0.1, 0.15) is 0 Å². The smallest absolute Gasteiger partial charge is 0.233 e. The first-order valence-electron chi connectivity index (χ1n) is 9.96. The van der Waals surface area contributed by atoms with Gasteiger partial charge < -0.3 is 4.90 Å². The molecule has 1 unspecified atom stereocenters. The van der Waals surface area contributed by atoms with Crippen LogP contribution in [0.25, 0.3) is 0 Å². The summed E-state index contributed by atoms with van der Waals surface area (Å²) >= 11 is 1.33. The van der Waals surface area contributed by atoms with Crippen LogP contribution in [-0.4, -0.2) is 62.7 Å². The van der Waals surface area contributed by atoms with Crippen molar-refractivity contribution in [3.8, 4) is 0 Å². The number of thioether (sulfide) groups is 1. The average Bonchev–Trinajstić information content (AvgIpc) is 3.45. The van der Waals surface area contributed by atoms with E-state index in [4.69, 9.17) is 0 Å². The Morgan fingerprint density at radius 2 is 1.93 bits per heavy atom. The van der Waals surface area contributed by atoms with E-state index in [1.54, 1.807) is 4.90 Å². The number of nitrogens with zero attached hydrogens (tertiary/aromatic N) is 5. The van der Waals surface area contributed by atoms with Crippen LogP contribution >= 0.6 is 11.8 Å². The Balaban J connectivity index is 1.46. The quantitative estimate of drug-likeness (QED) is 0.614. The van der Waals surface area contributed by atoms with E-state index in [-0.39, 0.29) is 29.2 Å². The molecule has 4 rings (SSSR count). The third-order valence-electron chi connectivity index (χ3n) is 5.62. The van der Waals surface area contributed by atoms with Gasteiger partial charge in [-0.05, 0) is 35.3 Å². The van der Waals surface area contributed by atoms with Crippen LogP contribution in [0.15, 0.2) is 35.5 Å². The number of sulfone groups is 1. The van der Waals surface area contributed by atoms with Crippen LogP contribution in [0.5, 0.6) is 0 Å². The Morgan fingerprint density at radius 1 is 1.17 bits per heavy atom. The van der Waals surface area contributed by atoms with Crippen LogP contribution < -0.4 is 0 Å². The fourth-order valence-electron chi connectivity index (χ4n) is 4.09. The largest absolute Gasteiger partial charge is 0.334 e. The van der Waals surface area contributed by atoms with Crippen LogP contribution in [0.2, 0.25) is 0 Å². The number of benzene rings is 1. The Bertz CT molecular complexity index is 942. The van der Waals surface area contributed by atoms with Gasteiger partial charge in [-0.3, -0.25) is 4.79 Å². The maximum atomic E-state index is 13.1. The molecule has 156 valence electrons. The highest BCUT2D eigenvalue weighted by molar-refractivity contribution is 7.99. The maximum Gasteiger partial charge on any atom is 0.233 e. The van der Waals surface area contributed by atoms with E-state index in [0.29, 0.717) is 24.2 Å². The minimum absolute atomic E-state index is 0.0378. The summed E-state index contributed by atoms with van der Waals surface area (Å²) in [7, 11) is -3.08. The number of carbonyl (C=O) groups is 1. The van der Waals surface area contributed by atoms with Crippen molar-refractivity contribution >= 4 is 27.5 Å². The number of rotatable bonds is 7. The maximum absolute atomic E-state index is 13.1. The summed E-state index contributed by atoms with van der Waals surface area (Å²) in [5.74, 6) is 0.289. The SMILES string of the molecule is O=C(CSc1nnnn1C1CCCC1)N(Cc1ccccc1)C1CCS(=O)(=O)C1. The Kier molecular flexibility index (Phi) is 6.19. The lowest BCUT2D eigenvalue weighted by molar-refractivity contribution is -0.130. The zero-order chi connectivity index (χ0) is 20.3. The standard InChI is InChI=1S/C19H25N5O3S2/c25-18(13-28-19-20-21-22-24(19)16-8-4-5-9-16)23(12-15-6-2-1-3-7-15)17-10-11-29(26,27)14-17/h1-3,6-7,16-17H,4-5,8-14H2. The molecule has 0 radical (unpaired) electrons. The van der Waals surface area contributed by atoms with E-state index in [2.05, 4.69) is 15.5 Å². The van der Waals surface area contributed by atoms with Crippen molar-refractivity contribution in [1.82, 2.24) is 25.1 Å². The van der Waals surface area contributed by atoms with E-state index in [1.165, 1.54) is 24.6 Å². The fraction of sp³-hybridized carbons (Fsp3) is 0.579. The second-order valence-electron chi connectivity index (χ2n) is 7.70. The van der Waals surface area contributed by atoms with Crippen LogP contribution in [0.3, 0.4) is 0 Å². The van der Waals surface area contributed by atoms with Crippen molar-refractivity contribution in [3.05, 3.63) is 35.9 Å². The Labute approximate surface area is 175 Å². The first-order chi connectivity index (χ1) is 14.0. The number of hydrogen-bond donors (Lipinski definition) is 0. The van der Waals surface area contributed by atoms with Gasteiger partial charge in [0.15, 0.2) is 9.84 Å². The fourth-order valence-corrected chi connectivity index (χ4v) is 6.65. The van der Waals surface area contributed by atoms with Crippen molar-refractivity contribution in [2.45, 2.75) is 55.9 Å². The highest BCUT2D eigenvalue weighted by atomic mass is 32.2. The van der Waals surface area contributed by atoms with E-state index < -0.39 is 9.84 Å². The van der Waals surface area contributed by atoms with Crippen molar-refractivity contribution in [3.63, 3.8) is 0 Å². The molecular formula is C19H25N5O3S2. The van der Waals surface area contributed by atoms with Crippen LogP contribution in [0.4, 0.5) is 0 Å². The minimum atomic E-state index is -3.08. The summed E-state index contributed by atoms with van der Waals surface area (Å²) in [4.78, 5) is 14.8. The first-order valence-corrected chi connectivity index (χ1v) is 12.8. The molecule has 1 aliphatic carbocycles. The van der Waals surface area contributed by atoms with Crippen LogP contribution in [0, 0.1) is 0 Å². The summed E-state index contributed by atoms with van der Waals surface area (Å²) in [5, 5.41) is 12.7. The zero-order valence-electron chi connectivity index (χ0n) is 16.2. The second kappa shape index (κ2) is 8.83. The predicted molar refractivity (Wildman–Crippen MR) is 110 cm³/mol. The van der Waals surface area contributed by atoms with Gasteiger partial charge in [0.25, 0.3) is 0 Å². The van der Waals surface area contributed by atoms with Crippen molar-refractivity contribution in [2.24, 2.45) is 0 Å². The lowest BCUT2D eigenvalue weighted by atomic mass is 10.1. The molecule has 0 bridgehead atoms. The second-order valence-corrected chi connectivity index (χ2v) is 10.9. The molecule has 2 aromatic rings. The van der Waals surface area contributed by atoms with Gasteiger partial charge in [0.2, 0.25) is 11.1 Å². The molecule has 8 nitrogen and oxygen atoms in total. The number of aromatic nitrogens is 4. The van der Waals surface area contributed by atoms with Crippen LogP contribution in [-0.2, 0) is 21.2 Å². The number of amides is 1. The molecule has 2 heterocycles. The first kappa shape index (κ1) is 20.3. The molecule has 1 saturated carbocycles. The van der Waals surface area contributed by atoms with Gasteiger partial charge >= 0.3 is 0 Å². The van der Waals surface area contributed by atoms with Crippen molar-refractivity contribution < 1.29 is 13.2 Å². The van der Waals surface area contributed by atoms with E-state index in [0.717, 1.165) is 18.4 Å².